The van der Waals surface area contributed by atoms with Crippen LogP contribution in [0.2, 0.25) is 0 Å². The van der Waals surface area contributed by atoms with E-state index in [1.807, 2.05) is 17.8 Å². The number of hydrogen-bond acceptors (Lipinski definition) is 2. The van der Waals surface area contributed by atoms with E-state index in [1.165, 1.54) is 5.69 Å². The molecule has 1 aromatic heterocycles. The Morgan fingerprint density at radius 2 is 2.18 bits per heavy atom. The first-order valence-electron chi connectivity index (χ1n) is 3.72. The number of rotatable bonds is 2. The first-order valence-corrected chi connectivity index (χ1v) is 3.72. The van der Waals surface area contributed by atoms with Crippen molar-refractivity contribution >= 4 is 0 Å². The Balaban J connectivity index is 3.00. The predicted molar refractivity (Wildman–Crippen MR) is 43.8 cm³/mol. The number of imidazole rings is 1. The Labute approximate surface area is 67.0 Å². The molecule has 0 saturated heterocycles. The molecular formula is C8H14N2O. The minimum Gasteiger partial charge on any atom is -0.468 e. The zero-order chi connectivity index (χ0) is 8.43. The standard InChI is InChI=1S/C8H14N2O/c1-6(2)7-5-9-8(11-4)10(7)3/h5-6H,1-4H3. The molecule has 3 nitrogen and oxygen atoms in total. The van der Waals surface area contributed by atoms with E-state index in [0.29, 0.717) is 11.9 Å². The quantitative estimate of drug-likeness (QED) is 0.646. The Kier molecular flexibility index (Phi) is 2.17. The molecule has 3 heteroatoms. The molecule has 1 heterocycles. The van der Waals surface area contributed by atoms with Crippen LogP contribution in [0.15, 0.2) is 6.20 Å². The van der Waals surface area contributed by atoms with E-state index in [0.717, 1.165) is 0 Å². The molecule has 0 unspecified atom stereocenters. The van der Waals surface area contributed by atoms with Crippen molar-refractivity contribution in [2.45, 2.75) is 19.8 Å². The van der Waals surface area contributed by atoms with E-state index in [1.54, 1.807) is 7.11 Å². The molecule has 0 bridgehead atoms. The first kappa shape index (κ1) is 8.11. The first-order chi connectivity index (χ1) is 5.16. The second-order valence-electron chi connectivity index (χ2n) is 2.88. The largest absolute Gasteiger partial charge is 0.468 e. The summed E-state index contributed by atoms with van der Waals surface area (Å²) in [5.74, 6) is 0.497. The van der Waals surface area contributed by atoms with Crippen molar-refractivity contribution in [3.63, 3.8) is 0 Å². The molecule has 0 amide bonds. The lowest BCUT2D eigenvalue weighted by Gasteiger charge is -2.06. The number of methoxy groups -OCH3 is 1. The molecule has 0 aliphatic rings. The molecular weight excluding hydrogens is 140 g/mol. The minimum absolute atomic E-state index is 0.497. The van der Waals surface area contributed by atoms with E-state index < -0.39 is 0 Å². The maximum atomic E-state index is 5.03. The topological polar surface area (TPSA) is 27.1 Å². The highest BCUT2D eigenvalue weighted by atomic mass is 16.5. The maximum Gasteiger partial charge on any atom is 0.295 e. The van der Waals surface area contributed by atoms with Crippen molar-refractivity contribution in [2.75, 3.05) is 7.11 Å². The zero-order valence-corrected chi connectivity index (χ0v) is 7.46. The lowest BCUT2D eigenvalue weighted by molar-refractivity contribution is 0.363. The molecule has 62 valence electrons. The van der Waals surface area contributed by atoms with Crippen molar-refractivity contribution in [3.8, 4) is 6.01 Å². The number of ether oxygens (including phenoxy) is 1. The molecule has 11 heavy (non-hydrogen) atoms. The molecule has 0 aliphatic carbocycles. The molecule has 0 radical (unpaired) electrons. The van der Waals surface area contributed by atoms with Crippen LogP contribution in [-0.2, 0) is 7.05 Å². The smallest absolute Gasteiger partial charge is 0.295 e. The van der Waals surface area contributed by atoms with Crippen molar-refractivity contribution in [1.82, 2.24) is 9.55 Å². The van der Waals surface area contributed by atoms with Crippen LogP contribution in [0.4, 0.5) is 0 Å². The third-order valence-corrected chi connectivity index (χ3v) is 1.76. The molecule has 0 spiro atoms. The summed E-state index contributed by atoms with van der Waals surface area (Å²) < 4.78 is 6.99. The molecule has 0 saturated carbocycles. The van der Waals surface area contributed by atoms with Crippen LogP contribution < -0.4 is 4.74 Å². The van der Waals surface area contributed by atoms with Gasteiger partial charge >= 0.3 is 0 Å². The number of nitrogens with zero attached hydrogens (tertiary/aromatic N) is 2. The van der Waals surface area contributed by atoms with Gasteiger partial charge in [0.1, 0.15) is 0 Å². The SMILES string of the molecule is COc1ncc(C(C)C)n1C. The molecule has 0 atom stereocenters. The van der Waals surface area contributed by atoms with Crippen molar-refractivity contribution in [2.24, 2.45) is 7.05 Å². The van der Waals surface area contributed by atoms with E-state index in [2.05, 4.69) is 18.8 Å². The van der Waals surface area contributed by atoms with E-state index >= 15 is 0 Å². The Morgan fingerprint density at radius 3 is 2.45 bits per heavy atom. The summed E-state index contributed by atoms with van der Waals surface area (Å²) in [5, 5.41) is 0. The van der Waals surface area contributed by atoms with Crippen molar-refractivity contribution in [3.05, 3.63) is 11.9 Å². The summed E-state index contributed by atoms with van der Waals surface area (Å²) in [7, 11) is 3.59. The fraction of sp³-hybridized carbons (Fsp3) is 0.625. The van der Waals surface area contributed by atoms with Crippen LogP contribution in [0.25, 0.3) is 0 Å². The summed E-state index contributed by atoms with van der Waals surface area (Å²) in [6.45, 7) is 4.27. The Hall–Kier alpha value is -0.990. The van der Waals surface area contributed by atoms with Gasteiger partial charge in [0.15, 0.2) is 0 Å². The van der Waals surface area contributed by atoms with Gasteiger partial charge in [-0.1, -0.05) is 13.8 Å². The maximum absolute atomic E-state index is 5.03. The number of hydrogen-bond donors (Lipinski definition) is 0. The Bertz CT molecular complexity index is 240. The van der Waals surface area contributed by atoms with Crippen LogP contribution in [-0.4, -0.2) is 16.7 Å². The fourth-order valence-corrected chi connectivity index (χ4v) is 1.13. The van der Waals surface area contributed by atoms with Gasteiger partial charge in [-0.05, 0) is 5.92 Å². The molecule has 0 aliphatic heterocycles. The molecule has 0 fully saturated rings. The van der Waals surface area contributed by atoms with Gasteiger partial charge in [0.25, 0.3) is 6.01 Å². The van der Waals surface area contributed by atoms with Gasteiger partial charge in [-0.3, -0.25) is 0 Å². The normalized spacial score (nSPS) is 10.6. The second kappa shape index (κ2) is 2.95. The van der Waals surface area contributed by atoms with Gasteiger partial charge in [-0.2, -0.15) is 0 Å². The highest BCUT2D eigenvalue weighted by molar-refractivity contribution is 5.11. The zero-order valence-electron chi connectivity index (χ0n) is 7.46. The van der Waals surface area contributed by atoms with Crippen LogP contribution >= 0.6 is 0 Å². The highest BCUT2D eigenvalue weighted by Gasteiger charge is 2.08. The van der Waals surface area contributed by atoms with E-state index in [-0.39, 0.29) is 0 Å². The van der Waals surface area contributed by atoms with E-state index in [9.17, 15) is 0 Å². The van der Waals surface area contributed by atoms with Gasteiger partial charge in [-0.15, -0.1) is 0 Å². The van der Waals surface area contributed by atoms with Crippen LogP contribution in [0.1, 0.15) is 25.5 Å². The fourth-order valence-electron chi connectivity index (χ4n) is 1.13. The summed E-state index contributed by atoms with van der Waals surface area (Å²) in [4.78, 5) is 4.10. The number of aromatic nitrogens is 2. The highest BCUT2D eigenvalue weighted by Crippen LogP contribution is 2.17. The monoisotopic (exact) mass is 154 g/mol. The summed E-state index contributed by atoms with van der Waals surface area (Å²) in [5.41, 5.74) is 1.20. The van der Waals surface area contributed by atoms with Crippen molar-refractivity contribution in [1.29, 1.82) is 0 Å². The third-order valence-electron chi connectivity index (χ3n) is 1.76. The minimum atomic E-state index is 0.497. The predicted octanol–water partition coefficient (Wildman–Crippen LogP) is 1.55. The van der Waals surface area contributed by atoms with Gasteiger partial charge in [-0.25, -0.2) is 4.98 Å². The molecule has 0 N–H and O–H groups in total. The second-order valence-corrected chi connectivity index (χ2v) is 2.88. The summed E-state index contributed by atoms with van der Waals surface area (Å²) in [6.07, 6.45) is 1.85. The van der Waals surface area contributed by atoms with Crippen molar-refractivity contribution < 1.29 is 4.74 Å². The third kappa shape index (κ3) is 1.37. The average Bonchev–Trinajstić information content (AvgIpc) is 2.30. The van der Waals surface area contributed by atoms with Crippen LogP contribution in [0.5, 0.6) is 6.01 Å². The average molecular weight is 154 g/mol. The summed E-state index contributed by atoms with van der Waals surface area (Å²) >= 11 is 0. The lowest BCUT2D eigenvalue weighted by atomic mass is 10.1. The van der Waals surface area contributed by atoms with Crippen LogP contribution in [0.3, 0.4) is 0 Å². The van der Waals surface area contributed by atoms with Gasteiger partial charge in [0.05, 0.1) is 13.3 Å². The van der Waals surface area contributed by atoms with Gasteiger partial charge in [0.2, 0.25) is 0 Å². The molecule has 1 rings (SSSR count). The lowest BCUT2D eigenvalue weighted by Crippen LogP contribution is -2.00. The van der Waals surface area contributed by atoms with E-state index in [4.69, 9.17) is 4.74 Å². The van der Waals surface area contributed by atoms with Gasteiger partial charge < -0.3 is 9.30 Å². The molecule has 0 aromatic carbocycles. The van der Waals surface area contributed by atoms with Gasteiger partial charge in [0, 0.05) is 12.7 Å². The Morgan fingerprint density at radius 1 is 1.55 bits per heavy atom. The summed E-state index contributed by atoms with van der Waals surface area (Å²) in [6, 6.07) is 0.675. The van der Waals surface area contributed by atoms with Crippen LogP contribution in [0, 0.1) is 0 Å². The molecule has 1 aromatic rings.